The molecule has 0 aliphatic carbocycles. The average molecular weight is 296 g/mol. The number of methoxy groups -OCH3 is 1. The summed E-state index contributed by atoms with van der Waals surface area (Å²) < 4.78 is 6.07. The van der Waals surface area contributed by atoms with Crippen LogP contribution in [0.15, 0.2) is 10.5 Å². The van der Waals surface area contributed by atoms with Crippen LogP contribution >= 0.6 is 27.3 Å². The van der Waals surface area contributed by atoms with E-state index in [1.807, 2.05) is 6.07 Å². The average Bonchev–Trinajstić information content (AvgIpc) is 2.58. The molecule has 1 atom stereocenters. The van der Waals surface area contributed by atoms with Gasteiger partial charge in [-0.05, 0) is 22.0 Å². The van der Waals surface area contributed by atoms with Gasteiger partial charge in [-0.15, -0.1) is 11.3 Å². The minimum Gasteiger partial charge on any atom is -0.486 e. The van der Waals surface area contributed by atoms with Crippen molar-refractivity contribution in [2.24, 2.45) is 0 Å². The highest BCUT2D eigenvalue weighted by molar-refractivity contribution is 9.10. The molecular weight excluding hydrogens is 282 g/mol. The maximum absolute atomic E-state index is 9.10. The van der Waals surface area contributed by atoms with Gasteiger partial charge in [-0.2, -0.15) is 0 Å². The van der Waals surface area contributed by atoms with Crippen LogP contribution < -0.4 is 10.1 Å². The second kappa shape index (κ2) is 6.44. The van der Waals surface area contributed by atoms with E-state index < -0.39 is 6.10 Å². The van der Waals surface area contributed by atoms with Crippen LogP contribution in [0.2, 0.25) is 0 Å². The van der Waals surface area contributed by atoms with E-state index in [0.29, 0.717) is 13.1 Å². The minimum absolute atomic E-state index is 0.218. The highest BCUT2D eigenvalue weighted by Gasteiger charge is 2.07. The molecule has 4 nitrogen and oxygen atoms in total. The van der Waals surface area contributed by atoms with Crippen molar-refractivity contribution in [2.75, 3.05) is 20.3 Å². The van der Waals surface area contributed by atoms with E-state index in [4.69, 9.17) is 14.9 Å². The van der Waals surface area contributed by atoms with Crippen LogP contribution in [-0.2, 0) is 6.54 Å². The number of aliphatic hydroxyl groups excluding tert-OH is 2. The van der Waals surface area contributed by atoms with Crippen LogP contribution in [0.5, 0.6) is 5.06 Å². The van der Waals surface area contributed by atoms with E-state index in [2.05, 4.69) is 21.2 Å². The van der Waals surface area contributed by atoms with Gasteiger partial charge in [0.15, 0.2) is 5.06 Å². The zero-order valence-electron chi connectivity index (χ0n) is 8.36. The Balaban J connectivity index is 2.37. The van der Waals surface area contributed by atoms with Crippen LogP contribution in [0, 0.1) is 0 Å². The van der Waals surface area contributed by atoms with Gasteiger partial charge in [0.1, 0.15) is 0 Å². The molecule has 0 spiro atoms. The maximum atomic E-state index is 9.10. The molecule has 0 aliphatic rings. The lowest BCUT2D eigenvalue weighted by molar-refractivity contribution is 0.0943. The molecule has 0 amide bonds. The summed E-state index contributed by atoms with van der Waals surface area (Å²) in [5.41, 5.74) is 0. The third-order valence-corrected chi connectivity index (χ3v) is 3.73. The Morgan fingerprint density at radius 1 is 1.67 bits per heavy atom. The zero-order valence-corrected chi connectivity index (χ0v) is 10.8. The molecule has 86 valence electrons. The predicted molar refractivity (Wildman–Crippen MR) is 63.4 cm³/mol. The number of thiophene rings is 1. The van der Waals surface area contributed by atoms with Gasteiger partial charge >= 0.3 is 0 Å². The highest BCUT2D eigenvalue weighted by Crippen LogP contribution is 2.34. The number of rotatable bonds is 6. The molecule has 6 heteroatoms. The summed E-state index contributed by atoms with van der Waals surface area (Å²) >= 11 is 4.92. The van der Waals surface area contributed by atoms with E-state index in [1.54, 1.807) is 18.4 Å². The first-order chi connectivity index (χ1) is 7.17. The maximum Gasteiger partial charge on any atom is 0.188 e. The molecule has 0 bridgehead atoms. The van der Waals surface area contributed by atoms with Crippen molar-refractivity contribution in [3.05, 3.63) is 15.4 Å². The van der Waals surface area contributed by atoms with Crippen LogP contribution in [0.4, 0.5) is 0 Å². The van der Waals surface area contributed by atoms with Gasteiger partial charge < -0.3 is 20.3 Å². The largest absolute Gasteiger partial charge is 0.486 e. The second-order valence-electron chi connectivity index (χ2n) is 3.02. The summed E-state index contributed by atoms with van der Waals surface area (Å²) in [5, 5.41) is 21.6. The van der Waals surface area contributed by atoms with E-state index in [0.717, 1.165) is 14.4 Å². The zero-order chi connectivity index (χ0) is 11.3. The van der Waals surface area contributed by atoms with Crippen molar-refractivity contribution in [3.63, 3.8) is 0 Å². The molecule has 1 rings (SSSR count). The number of aliphatic hydroxyl groups is 2. The van der Waals surface area contributed by atoms with Crippen LogP contribution in [0.3, 0.4) is 0 Å². The molecule has 15 heavy (non-hydrogen) atoms. The highest BCUT2D eigenvalue weighted by atomic mass is 79.9. The van der Waals surface area contributed by atoms with Crippen molar-refractivity contribution in [1.29, 1.82) is 0 Å². The van der Waals surface area contributed by atoms with Gasteiger partial charge in [0.25, 0.3) is 0 Å². The lowest BCUT2D eigenvalue weighted by atomic mass is 10.3. The normalized spacial score (nSPS) is 12.8. The van der Waals surface area contributed by atoms with Crippen molar-refractivity contribution in [1.82, 2.24) is 5.32 Å². The lowest BCUT2D eigenvalue weighted by Crippen LogP contribution is -2.28. The molecule has 0 saturated heterocycles. The van der Waals surface area contributed by atoms with Crippen LogP contribution in [-0.4, -0.2) is 36.6 Å². The molecule has 1 heterocycles. The van der Waals surface area contributed by atoms with Crippen LogP contribution in [0.1, 0.15) is 4.88 Å². The molecular formula is C9H14BrNO3S. The third kappa shape index (κ3) is 4.08. The molecule has 3 N–H and O–H groups in total. The first-order valence-corrected chi connectivity index (χ1v) is 6.10. The fourth-order valence-corrected chi connectivity index (χ4v) is 2.71. The molecule has 0 unspecified atom stereocenters. The summed E-state index contributed by atoms with van der Waals surface area (Å²) in [7, 11) is 1.63. The quantitative estimate of drug-likeness (QED) is 0.732. The Hall–Kier alpha value is -0.140. The Morgan fingerprint density at radius 3 is 2.93 bits per heavy atom. The SMILES string of the molecule is COc1sc(CNC[C@@H](O)CO)cc1Br. The monoisotopic (exact) mass is 295 g/mol. The Labute approximate surface area is 101 Å². The molecule has 1 aromatic rings. The van der Waals surface area contributed by atoms with E-state index in [9.17, 15) is 0 Å². The summed E-state index contributed by atoms with van der Waals surface area (Å²) in [6.45, 7) is 0.822. The second-order valence-corrected chi connectivity index (χ2v) is 4.97. The Bertz CT molecular complexity index is 306. The first kappa shape index (κ1) is 12.9. The van der Waals surface area contributed by atoms with Gasteiger partial charge in [0.05, 0.1) is 24.3 Å². The fourth-order valence-electron chi connectivity index (χ4n) is 1.05. The predicted octanol–water partition coefficient (Wildman–Crippen LogP) is 0.962. The number of ether oxygens (including phenoxy) is 1. The summed E-state index contributed by atoms with van der Waals surface area (Å²) in [6.07, 6.45) is -0.699. The molecule has 0 aromatic carbocycles. The van der Waals surface area contributed by atoms with Crippen molar-refractivity contribution < 1.29 is 14.9 Å². The van der Waals surface area contributed by atoms with Crippen molar-refractivity contribution in [3.8, 4) is 5.06 Å². The first-order valence-electron chi connectivity index (χ1n) is 4.49. The van der Waals surface area contributed by atoms with Crippen LogP contribution in [0.25, 0.3) is 0 Å². The molecule has 0 radical (unpaired) electrons. The molecule has 0 aliphatic heterocycles. The van der Waals surface area contributed by atoms with Crippen molar-refractivity contribution >= 4 is 27.3 Å². The van der Waals surface area contributed by atoms with Gasteiger partial charge in [-0.3, -0.25) is 0 Å². The topological polar surface area (TPSA) is 61.7 Å². The van der Waals surface area contributed by atoms with Gasteiger partial charge in [0.2, 0.25) is 0 Å². The summed E-state index contributed by atoms with van der Waals surface area (Å²) in [4.78, 5) is 1.11. The third-order valence-electron chi connectivity index (χ3n) is 1.78. The standard InChI is InChI=1S/C9H14BrNO3S/c1-14-9-8(10)2-7(15-9)4-11-3-6(13)5-12/h2,6,11-13H,3-5H2,1H3/t6-/m1/s1. The Morgan fingerprint density at radius 2 is 2.40 bits per heavy atom. The van der Waals surface area contributed by atoms with E-state index >= 15 is 0 Å². The van der Waals surface area contributed by atoms with E-state index in [-0.39, 0.29) is 6.61 Å². The molecule has 0 saturated carbocycles. The van der Waals surface area contributed by atoms with Gasteiger partial charge in [0, 0.05) is 18.0 Å². The van der Waals surface area contributed by atoms with Gasteiger partial charge in [-0.25, -0.2) is 0 Å². The number of hydrogen-bond donors (Lipinski definition) is 3. The Kier molecular flexibility index (Phi) is 5.55. The van der Waals surface area contributed by atoms with E-state index in [1.165, 1.54) is 0 Å². The lowest BCUT2D eigenvalue weighted by Gasteiger charge is -2.07. The number of halogens is 1. The summed E-state index contributed by atoms with van der Waals surface area (Å²) in [5.74, 6) is 0. The fraction of sp³-hybridized carbons (Fsp3) is 0.556. The van der Waals surface area contributed by atoms with Crippen molar-refractivity contribution in [2.45, 2.75) is 12.6 Å². The number of nitrogens with one attached hydrogen (secondary N) is 1. The van der Waals surface area contributed by atoms with Gasteiger partial charge in [-0.1, -0.05) is 0 Å². The minimum atomic E-state index is -0.699. The molecule has 1 aromatic heterocycles. The molecule has 0 fully saturated rings. The number of hydrogen-bond acceptors (Lipinski definition) is 5. The summed E-state index contributed by atoms with van der Waals surface area (Å²) in [6, 6.07) is 1.97. The smallest absolute Gasteiger partial charge is 0.188 e.